The normalized spacial score (nSPS) is 10.9. The smallest absolute Gasteiger partial charge is 0.144 e. The Labute approximate surface area is 103 Å². The lowest BCUT2D eigenvalue weighted by Crippen LogP contribution is -1.97. The average molecular weight is 241 g/mol. The van der Waals surface area contributed by atoms with Gasteiger partial charge in [-0.05, 0) is 13.0 Å². The molecule has 0 saturated heterocycles. The Bertz CT molecular complexity index is 688. The fraction of sp³-hybridized carbons (Fsp3) is 0.0769. The van der Waals surface area contributed by atoms with Gasteiger partial charge in [0.1, 0.15) is 5.82 Å². The van der Waals surface area contributed by atoms with Crippen molar-refractivity contribution in [2.24, 2.45) is 0 Å². The maximum atomic E-state index is 5.68. The number of fused-ring (bicyclic) bond motifs is 1. The van der Waals surface area contributed by atoms with Gasteiger partial charge >= 0.3 is 0 Å². The minimum Gasteiger partial charge on any atom is -0.382 e. The lowest BCUT2D eigenvalue weighted by Gasteiger charge is -2.02. The predicted molar refractivity (Wildman–Crippen MR) is 72.0 cm³/mol. The van der Waals surface area contributed by atoms with Crippen LogP contribution in [0.4, 0.5) is 5.82 Å². The van der Waals surface area contributed by atoms with Crippen LogP contribution in [0.25, 0.3) is 21.3 Å². The second-order valence-electron chi connectivity index (χ2n) is 3.87. The van der Waals surface area contributed by atoms with Gasteiger partial charge in [-0.1, -0.05) is 18.2 Å². The third-order valence-corrected chi connectivity index (χ3v) is 3.71. The number of hydrogen-bond acceptors (Lipinski definition) is 4. The lowest BCUT2D eigenvalue weighted by molar-refractivity contribution is 1.14. The molecular weight excluding hydrogens is 230 g/mol. The summed E-state index contributed by atoms with van der Waals surface area (Å²) in [6, 6.07) is 8.30. The average Bonchev–Trinajstić information content (AvgIpc) is 2.76. The second kappa shape index (κ2) is 3.82. The van der Waals surface area contributed by atoms with Gasteiger partial charge in [-0.15, -0.1) is 11.3 Å². The number of rotatable bonds is 1. The molecule has 0 bridgehead atoms. The van der Waals surface area contributed by atoms with E-state index in [1.807, 2.05) is 19.1 Å². The molecule has 0 aliphatic carbocycles. The molecule has 0 saturated carbocycles. The van der Waals surface area contributed by atoms with Crippen molar-refractivity contribution in [3.05, 3.63) is 41.5 Å². The first kappa shape index (κ1) is 10.2. The van der Waals surface area contributed by atoms with Crippen molar-refractivity contribution < 1.29 is 0 Å². The number of anilines is 1. The Morgan fingerprint density at radius 2 is 2.06 bits per heavy atom. The molecule has 3 nitrogen and oxygen atoms in total. The predicted octanol–water partition coefficient (Wildman–Crippen LogP) is 3.25. The zero-order valence-corrected chi connectivity index (χ0v) is 10.2. The van der Waals surface area contributed by atoms with Crippen LogP contribution in [-0.2, 0) is 0 Å². The lowest BCUT2D eigenvalue weighted by atomic mass is 10.1. The van der Waals surface area contributed by atoms with Crippen molar-refractivity contribution in [1.82, 2.24) is 9.97 Å². The maximum Gasteiger partial charge on any atom is 0.144 e. The molecule has 1 aromatic carbocycles. The van der Waals surface area contributed by atoms with Crippen LogP contribution in [0.1, 0.15) is 5.69 Å². The summed E-state index contributed by atoms with van der Waals surface area (Å²) >= 11 is 1.72. The Kier molecular flexibility index (Phi) is 2.30. The topological polar surface area (TPSA) is 51.8 Å². The standard InChI is InChI=1S/C13H11N3S/c1-8-13(14)15-6-11(16-8)10-7-17-12-5-3-2-4-9(10)12/h2-7H,1H3,(H2,14,15). The van der Waals surface area contributed by atoms with Crippen molar-refractivity contribution in [3.8, 4) is 11.3 Å². The maximum absolute atomic E-state index is 5.68. The third-order valence-electron chi connectivity index (χ3n) is 2.74. The van der Waals surface area contributed by atoms with Gasteiger partial charge in [-0.25, -0.2) is 9.97 Å². The molecule has 4 heteroatoms. The molecule has 3 rings (SSSR count). The van der Waals surface area contributed by atoms with Gasteiger partial charge in [0, 0.05) is 21.0 Å². The number of thiophene rings is 1. The van der Waals surface area contributed by atoms with E-state index in [0.29, 0.717) is 5.82 Å². The first-order valence-corrected chi connectivity index (χ1v) is 6.19. The van der Waals surface area contributed by atoms with E-state index in [-0.39, 0.29) is 0 Å². The van der Waals surface area contributed by atoms with Gasteiger partial charge in [0.05, 0.1) is 17.6 Å². The summed E-state index contributed by atoms with van der Waals surface area (Å²) in [5.41, 5.74) is 8.47. The van der Waals surface area contributed by atoms with Crippen molar-refractivity contribution in [2.45, 2.75) is 6.92 Å². The fourth-order valence-corrected chi connectivity index (χ4v) is 2.75. The molecular formula is C13H11N3S. The highest BCUT2D eigenvalue weighted by molar-refractivity contribution is 7.17. The summed E-state index contributed by atoms with van der Waals surface area (Å²) in [6.07, 6.45) is 1.73. The molecule has 2 aromatic heterocycles. The van der Waals surface area contributed by atoms with Crippen molar-refractivity contribution in [1.29, 1.82) is 0 Å². The number of nitrogen functional groups attached to an aromatic ring is 1. The summed E-state index contributed by atoms with van der Waals surface area (Å²) in [5.74, 6) is 0.494. The molecule has 0 aliphatic rings. The highest BCUT2D eigenvalue weighted by atomic mass is 32.1. The summed E-state index contributed by atoms with van der Waals surface area (Å²) in [4.78, 5) is 8.65. The number of nitrogens with zero attached hydrogens (tertiary/aromatic N) is 2. The number of benzene rings is 1. The van der Waals surface area contributed by atoms with Crippen LogP contribution in [-0.4, -0.2) is 9.97 Å². The molecule has 0 unspecified atom stereocenters. The summed E-state index contributed by atoms with van der Waals surface area (Å²) < 4.78 is 1.26. The van der Waals surface area contributed by atoms with E-state index >= 15 is 0 Å². The molecule has 0 atom stereocenters. The SMILES string of the molecule is Cc1nc(-c2csc3ccccc23)cnc1N. The molecule has 17 heavy (non-hydrogen) atoms. The minimum absolute atomic E-state index is 0.494. The molecule has 84 valence electrons. The van der Waals surface area contributed by atoms with E-state index < -0.39 is 0 Å². The highest BCUT2D eigenvalue weighted by Crippen LogP contribution is 2.32. The van der Waals surface area contributed by atoms with Gasteiger partial charge in [0.25, 0.3) is 0 Å². The highest BCUT2D eigenvalue weighted by Gasteiger charge is 2.08. The zero-order chi connectivity index (χ0) is 11.8. The van der Waals surface area contributed by atoms with Crippen LogP contribution in [0.3, 0.4) is 0 Å². The van der Waals surface area contributed by atoms with Crippen LogP contribution in [0.5, 0.6) is 0 Å². The van der Waals surface area contributed by atoms with Gasteiger partial charge in [0.2, 0.25) is 0 Å². The molecule has 2 heterocycles. The van der Waals surface area contributed by atoms with E-state index in [9.17, 15) is 0 Å². The first-order valence-electron chi connectivity index (χ1n) is 5.31. The second-order valence-corrected chi connectivity index (χ2v) is 4.78. The Balaban J connectivity index is 2.24. The van der Waals surface area contributed by atoms with Crippen LogP contribution in [0.15, 0.2) is 35.8 Å². The van der Waals surface area contributed by atoms with Gasteiger partial charge in [0.15, 0.2) is 0 Å². The molecule has 3 aromatic rings. The van der Waals surface area contributed by atoms with E-state index in [2.05, 4.69) is 27.5 Å². The number of hydrogen-bond donors (Lipinski definition) is 1. The Morgan fingerprint density at radius 1 is 1.24 bits per heavy atom. The van der Waals surface area contributed by atoms with Gasteiger partial charge in [-0.2, -0.15) is 0 Å². The Hall–Kier alpha value is -1.94. The summed E-state index contributed by atoms with van der Waals surface area (Å²) in [5, 5.41) is 3.33. The van der Waals surface area contributed by atoms with Crippen LogP contribution in [0.2, 0.25) is 0 Å². The summed E-state index contributed by atoms with van der Waals surface area (Å²) in [7, 11) is 0. The van der Waals surface area contributed by atoms with E-state index in [1.165, 1.54) is 10.1 Å². The van der Waals surface area contributed by atoms with Crippen molar-refractivity contribution in [3.63, 3.8) is 0 Å². The molecule has 0 aliphatic heterocycles. The van der Waals surface area contributed by atoms with Crippen molar-refractivity contribution >= 4 is 27.2 Å². The number of nitrogens with two attached hydrogens (primary N) is 1. The molecule has 0 spiro atoms. The van der Waals surface area contributed by atoms with Crippen LogP contribution >= 0.6 is 11.3 Å². The van der Waals surface area contributed by atoms with E-state index in [0.717, 1.165) is 17.0 Å². The molecule has 0 fully saturated rings. The molecule has 0 amide bonds. The summed E-state index contributed by atoms with van der Waals surface area (Å²) in [6.45, 7) is 1.88. The minimum atomic E-state index is 0.494. The van der Waals surface area contributed by atoms with Crippen LogP contribution < -0.4 is 5.73 Å². The van der Waals surface area contributed by atoms with E-state index in [1.54, 1.807) is 17.5 Å². The van der Waals surface area contributed by atoms with Gasteiger partial charge in [-0.3, -0.25) is 0 Å². The quantitative estimate of drug-likeness (QED) is 0.711. The largest absolute Gasteiger partial charge is 0.382 e. The van der Waals surface area contributed by atoms with Crippen molar-refractivity contribution in [2.75, 3.05) is 5.73 Å². The van der Waals surface area contributed by atoms with Gasteiger partial charge < -0.3 is 5.73 Å². The Morgan fingerprint density at radius 3 is 2.88 bits per heavy atom. The molecule has 0 radical (unpaired) electrons. The van der Waals surface area contributed by atoms with E-state index in [4.69, 9.17) is 5.73 Å². The third kappa shape index (κ3) is 1.66. The first-order chi connectivity index (χ1) is 8.25. The van der Waals surface area contributed by atoms with Crippen LogP contribution in [0, 0.1) is 6.92 Å². The monoisotopic (exact) mass is 241 g/mol. The fourth-order valence-electron chi connectivity index (χ4n) is 1.80. The zero-order valence-electron chi connectivity index (χ0n) is 9.34. The number of aryl methyl sites for hydroxylation is 1. The molecule has 2 N–H and O–H groups in total. The number of aromatic nitrogens is 2.